The van der Waals surface area contributed by atoms with Crippen LogP contribution in [-0.2, 0) is 25.7 Å². The quantitative estimate of drug-likeness (QED) is 0.492. The van der Waals surface area contributed by atoms with Crippen molar-refractivity contribution < 1.29 is 19.1 Å². The first-order valence-corrected chi connectivity index (χ1v) is 12.5. The highest BCUT2D eigenvalue weighted by atomic mass is 16.5. The number of anilines is 2. The lowest BCUT2D eigenvalue weighted by Gasteiger charge is -2.35. The fourth-order valence-electron chi connectivity index (χ4n) is 4.21. The van der Waals surface area contributed by atoms with Crippen molar-refractivity contribution in [3.63, 3.8) is 0 Å². The van der Waals surface area contributed by atoms with Gasteiger partial charge < -0.3 is 24.5 Å². The molecule has 0 aliphatic heterocycles. The Morgan fingerprint density at radius 2 is 1.73 bits per heavy atom. The average Bonchev–Trinajstić information content (AvgIpc) is 2.95. The van der Waals surface area contributed by atoms with Gasteiger partial charge in [0.15, 0.2) is 0 Å². The number of rotatable bonds is 8. The van der Waals surface area contributed by atoms with Crippen LogP contribution < -0.4 is 10.2 Å². The second kappa shape index (κ2) is 17.6. The lowest BCUT2D eigenvalue weighted by molar-refractivity contribution is -0.148. The molecule has 37 heavy (non-hydrogen) atoms. The Bertz CT molecular complexity index is 1000. The SMILES string of the molecule is C=O.C=O.CC.COC(=O)C1CC(Nc2ncnc(N(CC3=CCCC=C3)Cc3ccccc3)c2C)C1. The van der Waals surface area contributed by atoms with Gasteiger partial charge >= 0.3 is 5.97 Å². The average molecular weight is 509 g/mol. The third kappa shape index (κ3) is 9.29. The predicted molar refractivity (Wildman–Crippen MR) is 148 cm³/mol. The highest BCUT2D eigenvalue weighted by Crippen LogP contribution is 2.33. The zero-order chi connectivity index (χ0) is 27.6. The molecule has 0 saturated heterocycles. The van der Waals surface area contributed by atoms with E-state index in [1.165, 1.54) is 18.2 Å². The smallest absolute Gasteiger partial charge is 0.308 e. The van der Waals surface area contributed by atoms with Gasteiger partial charge in [0.25, 0.3) is 0 Å². The van der Waals surface area contributed by atoms with Crippen LogP contribution in [0.1, 0.15) is 50.7 Å². The predicted octanol–water partition coefficient (Wildman–Crippen LogP) is 5.09. The van der Waals surface area contributed by atoms with Crippen molar-refractivity contribution in [2.45, 2.75) is 59.0 Å². The molecule has 1 aromatic heterocycles. The molecule has 4 rings (SSSR count). The molecule has 1 saturated carbocycles. The first-order valence-electron chi connectivity index (χ1n) is 12.5. The van der Waals surface area contributed by atoms with Gasteiger partial charge in [-0.25, -0.2) is 9.97 Å². The van der Waals surface area contributed by atoms with E-state index in [1.807, 2.05) is 33.5 Å². The highest BCUT2D eigenvalue weighted by molar-refractivity contribution is 5.74. The Morgan fingerprint density at radius 3 is 2.32 bits per heavy atom. The maximum Gasteiger partial charge on any atom is 0.308 e. The molecule has 2 aliphatic rings. The summed E-state index contributed by atoms with van der Waals surface area (Å²) in [5, 5.41) is 3.50. The van der Waals surface area contributed by atoms with Crippen molar-refractivity contribution >= 4 is 31.2 Å². The van der Waals surface area contributed by atoms with Crippen molar-refractivity contribution in [1.82, 2.24) is 9.97 Å². The maximum atomic E-state index is 11.7. The Kier molecular flexibility index (Phi) is 14.8. The molecule has 1 N–H and O–H groups in total. The van der Waals surface area contributed by atoms with Crippen molar-refractivity contribution in [3.05, 3.63) is 71.6 Å². The summed E-state index contributed by atoms with van der Waals surface area (Å²) < 4.78 is 4.85. The van der Waals surface area contributed by atoms with Crippen molar-refractivity contribution in [2.24, 2.45) is 5.92 Å². The van der Waals surface area contributed by atoms with E-state index in [2.05, 4.69) is 69.6 Å². The fourth-order valence-corrected chi connectivity index (χ4v) is 4.21. The molecule has 2 aromatic rings. The monoisotopic (exact) mass is 508 g/mol. The first kappa shape index (κ1) is 31.2. The van der Waals surface area contributed by atoms with Gasteiger partial charge in [-0.1, -0.05) is 62.4 Å². The molecule has 8 nitrogen and oxygen atoms in total. The van der Waals surface area contributed by atoms with Crippen LogP contribution in [0.5, 0.6) is 0 Å². The molecule has 0 spiro atoms. The fraction of sp³-hybridized carbons (Fsp3) is 0.414. The number of ether oxygens (including phenoxy) is 1. The minimum absolute atomic E-state index is 0.0104. The van der Waals surface area contributed by atoms with Crippen molar-refractivity contribution in [2.75, 3.05) is 23.9 Å². The van der Waals surface area contributed by atoms with Crippen LogP contribution in [0.3, 0.4) is 0 Å². The number of nitrogens with one attached hydrogen (secondary N) is 1. The second-order valence-electron chi connectivity index (χ2n) is 8.30. The maximum absolute atomic E-state index is 11.7. The second-order valence-corrected chi connectivity index (χ2v) is 8.30. The molecule has 0 unspecified atom stereocenters. The molecule has 2 aliphatic carbocycles. The normalized spacial score (nSPS) is 17.0. The Morgan fingerprint density at radius 1 is 1.05 bits per heavy atom. The summed E-state index contributed by atoms with van der Waals surface area (Å²) in [6.45, 7) is 11.6. The summed E-state index contributed by atoms with van der Waals surface area (Å²) in [5.41, 5.74) is 3.59. The number of benzene rings is 1. The number of esters is 1. The number of carbonyl (C=O) groups excluding carboxylic acids is 3. The molecule has 1 aromatic carbocycles. The van der Waals surface area contributed by atoms with Gasteiger partial charge in [-0.05, 0) is 43.7 Å². The summed E-state index contributed by atoms with van der Waals surface area (Å²) in [6, 6.07) is 10.7. The van der Waals surface area contributed by atoms with Crippen LogP contribution in [0.4, 0.5) is 11.6 Å². The van der Waals surface area contributed by atoms with Gasteiger partial charge in [-0.2, -0.15) is 0 Å². The number of carbonyl (C=O) groups is 3. The summed E-state index contributed by atoms with van der Waals surface area (Å²) in [5.74, 6) is 1.64. The third-order valence-corrected chi connectivity index (χ3v) is 6.03. The van der Waals surface area contributed by atoms with Crippen LogP contribution in [-0.4, -0.2) is 49.2 Å². The van der Waals surface area contributed by atoms with E-state index in [9.17, 15) is 4.79 Å². The molecule has 1 fully saturated rings. The number of hydrogen-bond acceptors (Lipinski definition) is 8. The van der Waals surface area contributed by atoms with E-state index >= 15 is 0 Å². The van der Waals surface area contributed by atoms with Crippen LogP contribution in [0, 0.1) is 12.8 Å². The molecule has 0 radical (unpaired) electrons. The topological polar surface area (TPSA) is 101 Å². The molecule has 0 atom stereocenters. The Balaban J connectivity index is 0.00000106. The van der Waals surface area contributed by atoms with Crippen molar-refractivity contribution in [1.29, 1.82) is 0 Å². The van der Waals surface area contributed by atoms with Gasteiger partial charge in [0, 0.05) is 24.7 Å². The van der Waals surface area contributed by atoms with Crippen LogP contribution in [0.2, 0.25) is 0 Å². The summed E-state index contributed by atoms with van der Waals surface area (Å²) >= 11 is 0. The Labute approximate surface area is 220 Å². The molecular weight excluding hydrogens is 468 g/mol. The van der Waals surface area contributed by atoms with E-state index < -0.39 is 0 Å². The molecule has 200 valence electrons. The standard InChI is InChI=1S/C25H30N4O2.C2H6.2CH2O/c1-18-23(28-22-13-21(14-22)25(30)31-2)26-17-27-24(18)29(15-19-9-5-3-6-10-19)16-20-11-7-4-8-12-20;3*1-2/h3,5-7,9-12,17,21-22H,4,8,13-16H2,1-2H3,(H,26,27,28);1-2H3;2*1H2. The largest absolute Gasteiger partial charge is 0.469 e. The number of allylic oxidation sites excluding steroid dienone is 2. The number of hydrogen-bond donors (Lipinski definition) is 1. The van der Waals surface area contributed by atoms with E-state index in [0.717, 1.165) is 56.0 Å². The van der Waals surface area contributed by atoms with Gasteiger partial charge in [-0.3, -0.25) is 4.79 Å². The molecule has 0 bridgehead atoms. The summed E-state index contributed by atoms with van der Waals surface area (Å²) in [4.78, 5) is 39.1. The third-order valence-electron chi connectivity index (χ3n) is 6.03. The van der Waals surface area contributed by atoms with Gasteiger partial charge in [0.2, 0.25) is 0 Å². The van der Waals surface area contributed by atoms with Crippen molar-refractivity contribution in [3.8, 4) is 0 Å². The lowest BCUT2D eigenvalue weighted by atomic mass is 9.80. The van der Waals surface area contributed by atoms with Gasteiger partial charge in [0.05, 0.1) is 13.0 Å². The summed E-state index contributed by atoms with van der Waals surface area (Å²) in [7, 11) is 1.45. The number of aromatic nitrogens is 2. The number of nitrogens with zero attached hydrogens (tertiary/aromatic N) is 3. The minimum Gasteiger partial charge on any atom is -0.469 e. The Hall–Kier alpha value is -3.81. The molecule has 1 heterocycles. The minimum atomic E-state index is -0.124. The number of methoxy groups -OCH3 is 1. The van der Waals surface area contributed by atoms with Crippen LogP contribution in [0.15, 0.2) is 60.5 Å². The highest BCUT2D eigenvalue weighted by Gasteiger charge is 2.35. The van der Waals surface area contributed by atoms with E-state index in [-0.39, 0.29) is 17.9 Å². The lowest BCUT2D eigenvalue weighted by Crippen LogP contribution is -2.40. The van der Waals surface area contributed by atoms with E-state index in [1.54, 1.807) is 6.33 Å². The molecule has 0 amide bonds. The summed E-state index contributed by atoms with van der Waals surface area (Å²) in [6.07, 6.45) is 12.1. The van der Waals surface area contributed by atoms with Gasteiger partial charge in [0.1, 0.15) is 31.5 Å². The molecular formula is C29H40N4O4. The molecule has 8 heteroatoms. The van der Waals surface area contributed by atoms with Gasteiger partial charge in [-0.15, -0.1) is 0 Å². The van der Waals surface area contributed by atoms with E-state index in [4.69, 9.17) is 14.3 Å². The van der Waals surface area contributed by atoms with E-state index in [0.29, 0.717) is 0 Å². The zero-order valence-electron chi connectivity index (χ0n) is 22.5. The zero-order valence-corrected chi connectivity index (χ0v) is 22.5. The van der Waals surface area contributed by atoms with Crippen LogP contribution >= 0.6 is 0 Å². The van der Waals surface area contributed by atoms with Crippen LogP contribution in [0.25, 0.3) is 0 Å². The first-order chi connectivity index (χ1) is 18.1.